The molecule has 0 aliphatic carbocycles. The number of aromatic nitrogens is 1. The molecule has 27 heavy (non-hydrogen) atoms. The molecule has 2 heterocycles. The quantitative estimate of drug-likeness (QED) is 0.607. The minimum absolute atomic E-state index is 0.221. The number of aliphatic imine (C=N–C) groups is 1. The molecule has 146 valence electrons. The molecule has 0 amide bonds. The van der Waals surface area contributed by atoms with E-state index in [-0.39, 0.29) is 6.10 Å². The van der Waals surface area contributed by atoms with Gasteiger partial charge in [0.1, 0.15) is 17.6 Å². The number of aryl methyl sites for hydroxylation is 1. The lowest BCUT2D eigenvalue weighted by molar-refractivity contribution is 0.254. The first-order valence-corrected chi connectivity index (χ1v) is 10.2. The minimum Gasteiger partial charge on any atom is -0.494 e. The van der Waals surface area contributed by atoms with Crippen LogP contribution in [0.2, 0.25) is 0 Å². The fraction of sp³-hybridized carbons (Fsp3) is 0.500. The van der Waals surface area contributed by atoms with Crippen LogP contribution in [0.15, 0.2) is 22.5 Å². The molecule has 1 aromatic heterocycles. The zero-order valence-corrected chi connectivity index (χ0v) is 17.5. The van der Waals surface area contributed by atoms with Gasteiger partial charge >= 0.3 is 0 Å². The highest BCUT2D eigenvalue weighted by Gasteiger charge is 2.22. The van der Waals surface area contributed by atoms with E-state index in [0.29, 0.717) is 19.7 Å². The number of rotatable bonds is 6. The van der Waals surface area contributed by atoms with Crippen LogP contribution in [-0.2, 0) is 19.5 Å². The number of nitrogens with zero attached hydrogens (tertiary/aromatic N) is 3. The van der Waals surface area contributed by atoms with Crippen LogP contribution in [-0.4, -0.2) is 42.6 Å². The number of fused-ring (bicyclic) bond motifs is 1. The Balaban J connectivity index is 1.69. The van der Waals surface area contributed by atoms with Crippen molar-refractivity contribution >= 4 is 17.3 Å². The Hall–Kier alpha value is -2.28. The highest BCUT2D eigenvalue weighted by atomic mass is 32.1. The van der Waals surface area contributed by atoms with E-state index in [0.717, 1.165) is 40.1 Å². The third-order valence-electron chi connectivity index (χ3n) is 4.46. The molecule has 0 radical (unpaired) electrons. The molecule has 1 atom stereocenters. The van der Waals surface area contributed by atoms with Crippen LogP contribution in [0.3, 0.4) is 0 Å². The molecule has 1 aromatic carbocycles. The average Bonchev–Trinajstić information content (AvgIpc) is 3.19. The van der Waals surface area contributed by atoms with E-state index in [1.54, 1.807) is 18.4 Å². The van der Waals surface area contributed by atoms with Crippen molar-refractivity contribution in [2.24, 2.45) is 4.99 Å². The Morgan fingerprint density at radius 2 is 2.30 bits per heavy atom. The molecular formula is C20H28N4O2S. The summed E-state index contributed by atoms with van der Waals surface area (Å²) < 4.78 is 11.8. The number of hydrogen-bond donors (Lipinski definition) is 1. The summed E-state index contributed by atoms with van der Waals surface area (Å²) in [5.41, 5.74) is 3.34. The van der Waals surface area contributed by atoms with Crippen LogP contribution in [0.4, 0.5) is 0 Å². The normalized spacial score (nSPS) is 16.0. The summed E-state index contributed by atoms with van der Waals surface area (Å²) in [6, 6.07) is 4.21. The first kappa shape index (κ1) is 19.5. The summed E-state index contributed by atoms with van der Waals surface area (Å²) in [5, 5.41) is 6.60. The van der Waals surface area contributed by atoms with Crippen molar-refractivity contribution < 1.29 is 9.47 Å². The number of nitrogens with one attached hydrogen (secondary N) is 1. The van der Waals surface area contributed by atoms with Gasteiger partial charge in [-0.25, -0.2) is 4.98 Å². The standard InChI is InChI=1S/C20H28N4O2S/c1-6-25-18-8-15-7-13(2)26-19(15)9-16(18)10-22-20(21-4)24(5)11-17-12-27-14(3)23-17/h8-9,12-13H,6-7,10-11H2,1-5H3,(H,21,22). The molecule has 0 saturated heterocycles. The third kappa shape index (κ3) is 4.71. The Morgan fingerprint density at radius 3 is 2.96 bits per heavy atom. The molecule has 6 nitrogen and oxygen atoms in total. The van der Waals surface area contributed by atoms with E-state index in [4.69, 9.17) is 9.47 Å². The highest BCUT2D eigenvalue weighted by molar-refractivity contribution is 7.09. The summed E-state index contributed by atoms with van der Waals surface area (Å²) in [6.45, 7) is 8.09. The molecule has 1 aliphatic heterocycles. The van der Waals surface area contributed by atoms with Crippen molar-refractivity contribution in [3.63, 3.8) is 0 Å². The van der Waals surface area contributed by atoms with Crippen molar-refractivity contribution in [2.75, 3.05) is 20.7 Å². The molecule has 2 aromatic rings. The summed E-state index contributed by atoms with van der Waals surface area (Å²) in [4.78, 5) is 11.0. The summed E-state index contributed by atoms with van der Waals surface area (Å²) in [6.07, 6.45) is 1.15. The van der Waals surface area contributed by atoms with Gasteiger partial charge in [0.2, 0.25) is 0 Å². The van der Waals surface area contributed by atoms with Gasteiger partial charge in [0, 0.05) is 43.6 Å². The van der Waals surface area contributed by atoms with Gasteiger partial charge in [-0.1, -0.05) is 0 Å². The fourth-order valence-corrected chi connectivity index (χ4v) is 3.87. The van der Waals surface area contributed by atoms with Gasteiger partial charge in [-0.05, 0) is 32.9 Å². The van der Waals surface area contributed by atoms with Crippen LogP contribution in [0.5, 0.6) is 11.5 Å². The predicted molar refractivity (Wildman–Crippen MR) is 110 cm³/mol. The second-order valence-electron chi connectivity index (χ2n) is 6.75. The Labute approximate surface area is 165 Å². The molecule has 1 unspecified atom stereocenters. The monoisotopic (exact) mass is 388 g/mol. The van der Waals surface area contributed by atoms with Crippen LogP contribution in [0, 0.1) is 6.92 Å². The lowest BCUT2D eigenvalue weighted by Gasteiger charge is -2.22. The molecule has 0 fully saturated rings. The molecule has 1 aliphatic rings. The van der Waals surface area contributed by atoms with Crippen molar-refractivity contribution in [3.05, 3.63) is 39.3 Å². The Morgan fingerprint density at radius 1 is 1.48 bits per heavy atom. The first-order valence-electron chi connectivity index (χ1n) is 9.28. The number of benzene rings is 1. The molecule has 0 spiro atoms. The summed E-state index contributed by atoms with van der Waals surface area (Å²) in [7, 11) is 3.81. The average molecular weight is 389 g/mol. The van der Waals surface area contributed by atoms with Crippen LogP contribution in [0.25, 0.3) is 0 Å². The maximum atomic E-state index is 5.91. The van der Waals surface area contributed by atoms with Crippen LogP contribution < -0.4 is 14.8 Å². The summed E-state index contributed by atoms with van der Waals surface area (Å²) in [5.74, 6) is 2.69. The van der Waals surface area contributed by atoms with Gasteiger partial charge in [0.15, 0.2) is 5.96 Å². The number of thiazole rings is 1. The molecule has 7 heteroatoms. The predicted octanol–water partition coefficient (Wildman–Crippen LogP) is 3.38. The van der Waals surface area contributed by atoms with Gasteiger partial charge in [-0.2, -0.15) is 0 Å². The maximum Gasteiger partial charge on any atom is 0.194 e. The second-order valence-corrected chi connectivity index (χ2v) is 7.81. The van der Waals surface area contributed by atoms with E-state index in [1.807, 2.05) is 20.9 Å². The molecule has 3 rings (SSSR count). The second kappa shape index (κ2) is 8.61. The number of guanidine groups is 1. The van der Waals surface area contributed by atoms with Crippen molar-refractivity contribution in [3.8, 4) is 11.5 Å². The largest absolute Gasteiger partial charge is 0.494 e. The number of ether oxygens (including phenoxy) is 2. The Bertz CT molecular complexity index is 818. The zero-order chi connectivity index (χ0) is 19.4. The van der Waals surface area contributed by atoms with Crippen molar-refractivity contribution in [1.29, 1.82) is 0 Å². The van der Waals surface area contributed by atoms with Crippen LogP contribution >= 0.6 is 11.3 Å². The number of hydrogen-bond acceptors (Lipinski definition) is 5. The lowest BCUT2D eigenvalue weighted by Crippen LogP contribution is -2.38. The van der Waals surface area contributed by atoms with E-state index in [1.165, 1.54) is 5.56 Å². The minimum atomic E-state index is 0.221. The third-order valence-corrected chi connectivity index (χ3v) is 5.28. The van der Waals surface area contributed by atoms with E-state index in [2.05, 4.69) is 44.6 Å². The van der Waals surface area contributed by atoms with E-state index in [9.17, 15) is 0 Å². The topological polar surface area (TPSA) is 59.0 Å². The van der Waals surface area contributed by atoms with E-state index < -0.39 is 0 Å². The molecular weight excluding hydrogens is 360 g/mol. The Kier molecular flexibility index (Phi) is 6.21. The van der Waals surface area contributed by atoms with Gasteiger partial charge < -0.3 is 19.7 Å². The van der Waals surface area contributed by atoms with Crippen molar-refractivity contribution in [1.82, 2.24) is 15.2 Å². The first-order chi connectivity index (χ1) is 13.0. The maximum absolute atomic E-state index is 5.91. The van der Waals surface area contributed by atoms with Gasteiger partial charge in [0.05, 0.1) is 23.9 Å². The van der Waals surface area contributed by atoms with E-state index >= 15 is 0 Å². The van der Waals surface area contributed by atoms with Crippen LogP contribution in [0.1, 0.15) is 35.7 Å². The van der Waals surface area contributed by atoms with Gasteiger partial charge in [-0.3, -0.25) is 4.99 Å². The van der Waals surface area contributed by atoms with Gasteiger partial charge in [-0.15, -0.1) is 11.3 Å². The SMILES string of the molecule is CCOc1cc2c(cc1CNC(=NC)N(C)Cc1csc(C)n1)OC(C)C2. The van der Waals surface area contributed by atoms with Gasteiger partial charge in [0.25, 0.3) is 0 Å². The smallest absolute Gasteiger partial charge is 0.194 e. The fourth-order valence-electron chi connectivity index (χ4n) is 3.27. The molecule has 0 saturated carbocycles. The lowest BCUT2D eigenvalue weighted by atomic mass is 10.1. The highest BCUT2D eigenvalue weighted by Crippen LogP contribution is 2.35. The zero-order valence-electron chi connectivity index (χ0n) is 16.7. The summed E-state index contributed by atoms with van der Waals surface area (Å²) >= 11 is 1.67. The molecule has 0 bridgehead atoms. The molecule has 1 N–H and O–H groups in total. The van der Waals surface area contributed by atoms with Crippen molar-refractivity contribution in [2.45, 2.75) is 46.4 Å².